The Bertz CT molecular complexity index is 635. The third kappa shape index (κ3) is 2.27. The number of aryl methyl sites for hydroxylation is 3. The molecule has 0 aromatic heterocycles. The third-order valence-electron chi connectivity index (χ3n) is 3.80. The number of hydrogen-bond donors (Lipinski definition) is 0. The van der Waals surface area contributed by atoms with Crippen LogP contribution in [0.5, 0.6) is 0 Å². The first-order valence-corrected chi connectivity index (χ1v) is 6.90. The Morgan fingerprint density at radius 2 is 1.60 bits per heavy atom. The summed E-state index contributed by atoms with van der Waals surface area (Å²) in [7, 11) is 0. The monoisotopic (exact) mass is 266 g/mol. The minimum atomic E-state index is -0.322. The van der Waals surface area contributed by atoms with Crippen molar-refractivity contribution in [1.82, 2.24) is 0 Å². The number of epoxide rings is 1. The van der Waals surface area contributed by atoms with Crippen LogP contribution in [0.3, 0.4) is 0 Å². The van der Waals surface area contributed by atoms with E-state index in [0.717, 1.165) is 22.3 Å². The van der Waals surface area contributed by atoms with Gasteiger partial charge in [0.25, 0.3) is 0 Å². The summed E-state index contributed by atoms with van der Waals surface area (Å²) in [4.78, 5) is 12.6. The van der Waals surface area contributed by atoms with Crippen LogP contribution in [0.15, 0.2) is 42.5 Å². The maximum Gasteiger partial charge on any atom is 0.195 e. The SMILES string of the molecule is Cc1cc(C)c(C(=O)C2OC2c2ccccc2)c(C)c1. The van der Waals surface area contributed by atoms with Crippen molar-refractivity contribution in [3.8, 4) is 0 Å². The lowest BCUT2D eigenvalue weighted by atomic mass is 9.93. The number of benzene rings is 2. The van der Waals surface area contributed by atoms with Crippen LogP contribution >= 0.6 is 0 Å². The number of Topliss-reactive ketones (excluding diaryl/α,β-unsaturated/α-hetero) is 1. The van der Waals surface area contributed by atoms with Crippen LogP contribution in [-0.2, 0) is 4.74 Å². The van der Waals surface area contributed by atoms with E-state index >= 15 is 0 Å². The van der Waals surface area contributed by atoms with Crippen LogP contribution in [0.25, 0.3) is 0 Å². The molecule has 2 atom stereocenters. The van der Waals surface area contributed by atoms with Gasteiger partial charge >= 0.3 is 0 Å². The first kappa shape index (κ1) is 13.1. The molecule has 102 valence electrons. The first-order valence-electron chi connectivity index (χ1n) is 6.90. The van der Waals surface area contributed by atoms with Gasteiger partial charge in [-0.2, -0.15) is 0 Å². The molecule has 2 nitrogen and oxygen atoms in total. The number of carbonyl (C=O) groups excluding carboxylic acids is 1. The van der Waals surface area contributed by atoms with Crippen molar-refractivity contribution in [1.29, 1.82) is 0 Å². The maximum absolute atomic E-state index is 12.6. The fourth-order valence-electron chi connectivity index (χ4n) is 2.92. The van der Waals surface area contributed by atoms with Crippen molar-refractivity contribution in [2.75, 3.05) is 0 Å². The molecule has 20 heavy (non-hydrogen) atoms. The lowest BCUT2D eigenvalue weighted by Crippen LogP contribution is -2.12. The molecule has 0 saturated carbocycles. The Hall–Kier alpha value is -1.93. The van der Waals surface area contributed by atoms with E-state index in [4.69, 9.17) is 4.74 Å². The zero-order valence-corrected chi connectivity index (χ0v) is 12.0. The van der Waals surface area contributed by atoms with E-state index < -0.39 is 0 Å². The normalized spacial score (nSPS) is 20.8. The zero-order valence-electron chi connectivity index (χ0n) is 12.0. The molecular formula is C18H18O2. The number of carbonyl (C=O) groups is 1. The molecule has 2 heteroatoms. The van der Waals surface area contributed by atoms with Crippen LogP contribution in [0.1, 0.15) is 38.7 Å². The molecule has 0 radical (unpaired) electrons. The molecule has 0 bridgehead atoms. The summed E-state index contributed by atoms with van der Waals surface area (Å²) in [6.45, 7) is 6.04. The van der Waals surface area contributed by atoms with Crippen LogP contribution in [0.2, 0.25) is 0 Å². The van der Waals surface area contributed by atoms with Gasteiger partial charge in [-0.05, 0) is 37.5 Å². The average molecular weight is 266 g/mol. The highest BCUT2D eigenvalue weighted by Crippen LogP contribution is 2.41. The topological polar surface area (TPSA) is 29.6 Å². The molecule has 1 saturated heterocycles. The highest BCUT2D eigenvalue weighted by Gasteiger charge is 2.46. The van der Waals surface area contributed by atoms with Crippen molar-refractivity contribution in [2.24, 2.45) is 0 Å². The van der Waals surface area contributed by atoms with Gasteiger partial charge in [-0.3, -0.25) is 4.79 Å². The quantitative estimate of drug-likeness (QED) is 0.622. The van der Waals surface area contributed by atoms with E-state index in [1.165, 1.54) is 5.56 Å². The summed E-state index contributed by atoms with van der Waals surface area (Å²) >= 11 is 0. The summed E-state index contributed by atoms with van der Waals surface area (Å²) < 4.78 is 5.61. The number of rotatable bonds is 3. The maximum atomic E-state index is 12.6. The second-order valence-corrected chi connectivity index (χ2v) is 5.53. The Kier molecular flexibility index (Phi) is 3.19. The van der Waals surface area contributed by atoms with Gasteiger partial charge in [0.05, 0.1) is 0 Å². The van der Waals surface area contributed by atoms with E-state index in [9.17, 15) is 4.79 Å². The number of ether oxygens (including phenoxy) is 1. The fourth-order valence-corrected chi connectivity index (χ4v) is 2.92. The van der Waals surface area contributed by atoms with Crippen LogP contribution in [-0.4, -0.2) is 11.9 Å². The van der Waals surface area contributed by atoms with Crippen LogP contribution in [0.4, 0.5) is 0 Å². The fraction of sp³-hybridized carbons (Fsp3) is 0.278. The van der Waals surface area contributed by atoms with Crippen molar-refractivity contribution in [3.05, 3.63) is 70.3 Å². The minimum absolute atomic E-state index is 0.0798. The van der Waals surface area contributed by atoms with Crippen LogP contribution in [0, 0.1) is 20.8 Å². The molecule has 0 amide bonds. The van der Waals surface area contributed by atoms with Crippen molar-refractivity contribution in [2.45, 2.75) is 33.0 Å². The molecule has 0 N–H and O–H groups in total. The van der Waals surface area contributed by atoms with Gasteiger partial charge in [-0.25, -0.2) is 0 Å². The van der Waals surface area contributed by atoms with E-state index in [2.05, 4.69) is 19.1 Å². The van der Waals surface area contributed by atoms with E-state index in [-0.39, 0.29) is 18.0 Å². The summed E-state index contributed by atoms with van der Waals surface area (Å²) in [5.74, 6) is 0.105. The molecule has 2 aromatic carbocycles. The average Bonchev–Trinajstić information content (AvgIpc) is 3.18. The summed E-state index contributed by atoms with van der Waals surface area (Å²) in [6.07, 6.45) is -0.402. The van der Waals surface area contributed by atoms with E-state index in [0.29, 0.717) is 0 Å². The Labute approximate surface area is 119 Å². The lowest BCUT2D eigenvalue weighted by Gasteiger charge is -2.09. The first-order chi connectivity index (χ1) is 9.58. The standard InChI is InChI=1S/C18H18O2/c1-11-9-12(2)15(13(3)10-11)16(19)18-17(20-18)14-7-5-4-6-8-14/h4-10,17-18H,1-3H3. The smallest absolute Gasteiger partial charge is 0.195 e. The van der Waals surface area contributed by atoms with Crippen molar-refractivity contribution in [3.63, 3.8) is 0 Å². The summed E-state index contributed by atoms with van der Waals surface area (Å²) in [5, 5.41) is 0. The molecule has 1 heterocycles. The molecule has 0 spiro atoms. The van der Waals surface area contributed by atoms with Gasteiger partial charge in [0.15, 0.2) is 11.9 Å². The largest absolute Gasteiger partial charge is 0.356 e. The van der Waals surface area contributed by atoms with Crippen molar-refractivity contribution < 1.29 is 9.53 Å². The van der Waals surface area contributed by atoms with Gasteiger partial charge in [0.2, 0.25) is 0 Å². The zero-order chi connectivity index (χ0) is 14.3. The summed E-state index contributed by atoms with van der Waals surface area (Å²) in [5.41, 5.74) is 5.16. The van der Waals surface area contributed by atoms with E-state index in [1.807, 2.05) is 44.2 Å². The van der Waals surface area contributed by atoms with Crippen molar-refractivity contribution >= 4 is 5.78 Å². The minimum Gasteiger partial charge on any atom is -0.356 e. The lowest BCUT2D eigenvalue weighted by molar-refractivity contribution is 0.0952. The Balaban J connectivity index is 1.86. The molecular weight excluding hydrogens is 248 g/mol. The molecule has 2 unspecified atom stereocenters. The summed E-state index contributed by atoms with van der Waals surface area (Å²) in [6, 6.07) is 14.0. The Morgan fingerprint density at radius 3 is 2.20 bits per heavy atom. The molecule has 0 aliphatic carbocycles. The van der Waals surface area contributed by atoms with Gasteiger partial charge < -0.3 is 4.74 Å². The Morgan fingerprint density at radius 1 is 1.00 bits per heavy atom. The number of hydrogen-bond acceptors (Lipinski definition) is 2. The molecule has 3 rings (SSSR count). The predicted octanol–water partition coefficient (Wildman–Crippen LogP) is 3.93. The van der Waals surface area contributed by atoms with Gasteiger partial charge in [-0.15, -0.1) is 0 Å². The highest BCUT2D eigenvalue weighted by molar-refractivity contribution is 6.03. The molecule has 1 aliphatic rings. The third-order valence-corrected chi connectivity index (χ3v) is 3.80. The van der Waals surface area contributed by atoms with Crippen LogP contribution < -0.4 is 0 Å². The highest BCUT2D eigenvalue weighted by atomic mass is 16.6. The second kappa shape index (κ2) is 4.88. The predicted molar refractivity (Wildman–Crippen MR) is 79.0 cm³/mol. The number of ketones is 1. The molecule has 1 aliphatic heterocycles. The van der Waals surface area contributed by atoms with Gasteiger partial charge in [0, 0.05) is 5.56 Å². The molecule has 2 aromatic rings. The van der Waals surface area contributed by atoms with E-state index in [1.54, 1.807) is 0 Å². The second-order valence-electron chi connectivity index (χ2n) is 5.53. The molecule has 1 fully saturated rings. The van der Waals surface area contributed by atoms with Gasteiger partial charge in [0.1, 0.15) is 6.10 Å². The van der Waals surface area contributed by atoms with Gasteiger partial charge in [-0.1, -0.05) is 48.0 Å².